The molecule has 0 fully saturated rings. The summed E-state index contributed by atoms with van der Waals surface area (Å²) in [5.41, 5.74) is 0. The van der Waals surface area contributed by atoms with Crippen LogP contribution < -0.4 is 51.4 Å². The molecule has 0 spiro atoms. The van der Waals surface area contributed by atoms with Crippen LogP contribution in [0.5, 0.6) is 0 Å². The fourth-order valence-electron chi connectivity index (χ4n) is 2.37. The molecule has 0 saturated carbocycles. The summed E-state index contributed by atoms with van der Waals surface area (Å²) < 4.78 is 31.1. The zero-order valence-corrected chi connectivity index (χ0v) is 17.8. The molecular weight excluding hydrogens is 315 g/mol. The molecule has 0 radical (unpaired) electrons. The predicted molar refractivity (Wildman–Crippen MR) is 81.6 cm³/mol. The molecule has 0 aliphatic carbocycles. The van der Waals surface area contributed by atoms with E-state index in [1.54, 1.807) is 0 Å². The molecular formula is C15H31KO4S. The van der Waals surface area contributed by atoms with Crippen LogP contribution in [0.15, 0.2) is 0 Å². The maximum absolute atomic E-state index is 10.4. The summed E-state index contributed by atoms with van der Waals surface area (Å²) in [6.07, 6.45) is 12.2. The smallest absolute Gasteiger partial charge is 0.748 e. The van der Waals surface area contributed by atoms with Gasteiger partial charge >= 0.3 is 51.4 Å². The van der Waals surface area contributed by atoms with Crippen LogP contribution in [0, 0.1) is 0 Å². The van der Waals surface area contributed by atoms with Gasteiger partial charge in [-0.2, -0.15) is 0 Å². The maximum Gasteiger partial charge on any atom is 1.00 e. The third-order valence-electron chi connectivity index (χ3n) is 3.55. The first-order chi connectivity index (χ1) is 9.45. The Morgan fingerprint density at radius 1 is 0.857 bits per heavy atom. The van der Waals surface area contributed by atoms with E-state index in [2.05, 4.69) is 6.92 Å². The summed E-state index contributed by atoms with van der Waals surface area (Å²) in [6, 6.07) is 0. The van der Waals surface area contributed by atoms with Crippen molar-refractivity contribution in [3.05, 3.63) is 0 Å². The van der Waals surface area contributed by atoms with Crippen molar-refractivity contribution in [2.24, 2.45) is 0 Å². The second kappa shape index (κ2) is 16.4. The van der Waals surface area contributed by atoms with Crippen LogP contribution in [0.3, 0.4) is 0 Å². The molecule has 0 rings (SSSR count). The summed E-state index contributed by atoms with van der Waals surface area (Å²) in [4.78, 5) is 0. The van der Waals surface area contributed by atoms with Crippen LogP contribution in [0.4, 0.5) is 0 Å². The summed E-state index contributed by atoms with van der Waals surface area (Å²) >= 11 is 0. The molecule has 0 aromatic heterocycles. The summed E-state index contributed by atoms with van der Waals surface area (Å²) in [5.74, 6) is -0.215. The van der Waals surface area contributed by atoms with Crippen molar-refractivity contribution >= 4 is 10.1 Å². The van der Waals surface area contributed by atoms with Crippen molar-refractivity contribution in [2.45, 2.75) is 90.1 Å². The van der Waals surface area contributed by atoms with Gasteiger partial charge in [-0.15, -0.1) is 0 Å². The van der Waals surface area contributed by atoms with Crippen LogP contribution >= 0.6 is 0 Å². The molecule has 0 aliphatic heterocycles. The minimum atomic E-state index is -4.01. The van der Waals surface area contributed by atoms with Crippen molar-refractivity contribution in [3.8, 4) is 0 Å². The van der Waals surface area contributed by atoms with Crippen molar-refractivity contribution in [3.63, 3.8) is 0 Å². The van der Waals surface area contributed by atoms with Crippen LogP contribution in [-0.2, 0) is 10.1 Å². The SMILES string of the molecule is CCCC(O)CCCCCCCCCCCS(=O)(=O)[O-].[K+]. The zero-order chi connectivity index (χ0) is 15.3. The molecule has 6 heteroatoms. The predicted octanol–water partition coefficient (Wildman–Crippen LogP) is 0.598. The molecule has 21 heavy (non-hydrogen) atoms. The fourth-order valence-corrected chi connectivity index (χ4v) is 2.93. The van der Waals surface area contributed by atoms with Gasteiger partial charge in [0.2, 0.25) is 0 Å². The van der Waals surface area contributed by atoms with Gasteiger partial charge in [-0.05, 0) is 19.3 Å². The van der Waals surface area contributed by atoms with E-state index in [0.29, 0.717) is 6.42 Å². The van der Waals surface area contributed by atoms with Gasteiger partial charge in [0.25, 0.3) is 0 Å². The standard InChI is InChI=1S/C15H32O4S.K/c1-2-12-15(16)13-10-8-6-4-3-5-7-9-11-14-20(17,18)19;/h15-16H,2-14H2,1H3,(H,17,18,19);/q;+1/p-1. The molecule has 1 atom stereocenters. The number of unbranched alkanes of at least 4 members (excludes halogenated alkanes) is 8. The number of hydrogen-bond donors (Lipinski definition) is 1. The first-order valence-electron chi connectivity index (χ1n) is 8.07. The van der Waals surface area contributed by atoms with Gasteiger partial charge in [0.1, 0.15) is 0 Å². The van der Waals surface area contributed by atoms with Crippen LogP contribution in [0.1, 0.15) is 84.0 Å². The Kier molecular flexibility index (Phi) is 19.3. The van der Waals surface area contributed by atoms with Gasteiger partial charge in [-0.25, -0.2) is 8.42 Å². The van der Waals surface area contributed by atoms with Crippen LogP contribution in [0.25, 0.3) is 0 Å². The minimum absolute atomic E-state index is 0. The zero-order valence-electron chi connectivity index (χ0n) is 13.8. The summed E-state index contributed by atoms with van der Waals surface area (Å²) in [5, 5.41) is 9.56. The minimum Gasteiger partial charge on any atom is -0.748 e. The topological polar surface area (TPSA) is 77.4 Å². The number of hydrogen-bond acceptors (Lipinski definition) is 4. The third kappa shape index (κ3) is 21.5. The molecule has 1 N–H and O–H groups in total. The number of aliphatic hydroxyl groups excluding tert-OH is 1. The third-order valence-corrected chi connectivity index (χ3v) is 4.34. The van der Waals surface area contributed by atoms with Crippen molar-refractivity contribution in [1.29, 1.82) is 0 Å². The van der Waals surface area contributed by atoms with Crippen molar-refractivity contribution in [1.82, 2.24) is 0 Å². The van der Waals surface area contributed by atoms with E-state index in [4.69, 9.17) is 0 Å². The average molecular weight is 347 g/mol. The quantitative estimate of drug-likeness (QED) is 0.284. The molecule has 0 amide bonds. The van der Waals surface area contributed by atoms with E-state index in [1.807, 2.05) is 0 Å². The van der Waals surface area contributed by atoms with E-state index in [0.717, 1.165) is 44.9 Å². The molecule has 0 heterocycles. The van der Waals surface area contributed by atoms with Gasteiger partial charge in [-0.1, -0.05) is 64.7 Å². The average Bonchev–Trinajstić information content (AvgIpc) is 2.35. The van der Waals surface area contributed by atoms with Gasteiger partial charge in [0, 0.05) is 5.75 Å². The molecule has 1 unspecified atom stereocenters. The van der Waals surface area contributed by atoms with Crippen molar-refractivity contribution < 1.29 is 69.5 Å². The Morgan fingerprint density at radius 2 is 1.29 bits per heavy atom. The second-order valence-corrected chi connectivity index (χ2v) is 7.20. The molecule has 0 aromatic rings. The van der Waals surface area contributed by atoms with E-state index < -0.39 is 10.1 Å². The van der Waals surface area contributed by atoms with Gasteiger partial charge in [-0.3, -0.25) is 0 Å². The fraction of sp³-hybridized carbons (Fsp3) is 1.00. The van der Waals surface area contributed by atoms with Gasteiger partial charge in [0.15, 0.2) is 0 Å². The normalized spacial score (nSPS) is 12.9. The monoisotopic (exact) mass is 346 g/mol. The summed E-state index contributed by atoms with van der Waals surface area (Å²) in [6.45, 7) is 2.09. The Hall–Kier alpha value is 1.51. The first-order valence-corrected chi connectivity index (χ1v) is 9.65. The molecule has 0 aromatic carbocycles. The summed E-state index contributed by atoms with van der Waals surface area (Å²) in [7, 11) is -4.01. The van der Waals surface area contributed by atoms with E-state index in [1.165, 1.54) is 25.7 Å². The Balaban J connectivity index is 0. The molecule has 0 saturated heterocycles. The Bertz CT molecular complexity index is 307. The molecule has 0 bridgehead atoms. The van der Waals surface area contributed by atoms with Gasteiger partial charge < -0.3 is 9.66 Å². The van der Waals surface area contributed by atoms with Crippen molar-refractivity contribution in [2.75, 3.05) is 5.75 Å². The molecule has 0 aliphatic rings. The largest absolute Gasteiger partial charge is 1.00 e. The number of aliphatic hydroxyl groups is 1. The number of rotatable bonds is 14. The van der Waals surface area contributed by atoms with Crippen LogP contribution in [-0.4, -0.2) is 29.9 Å². The molecule has 4 nitrogen and oxygen atoms in total. The Labute approximate surface area is 173 Å². The second-order valence-electron chi connectivity index (χ2n) is 5.67. The van der Waals surface area contributed by atoms with E-state index >= 15 is 0 Å². The van der Waals surface area contributed by atoms with E-state index in [9.17, 15) is 18.1 Å². The Morgan fingerprint density at radius 3 is 1.71 bits per heavy atom. The van der Waals surface area contributed by atoms with E-state index in [-0.39, 0.29) is 63.2 Å². The maximum atomic E-state index is 10.4. The molecule has 122 valence electrons. The van der Waals surface area contributed by atoms with Gasteiger partial charge in [0.05, 0.1) is 16.2 Å². The first kappa shape index (κ1) is 24.8. The van der Waals surface area contributed by atoms with Crippen LogP contribution in [0.2, 0.25) is 0 Å².